The molecule has 1 aliphatic rings. The van der Waals surface area contributed by atoms with Gasteiger partial charge in [-0.15, -0.1) is 0 Å². The summed E-state index contributed by atoms with van der Waals surface area (Å²) < 4.78 is 0. The van der Waals surface area contributed by atoms with Crippen molar-refractivity contribution in [2.24, 2.45) is 0 Å². The number of rotatable bonds is 6. The molecule has 0 bridgehead atoms. The number of alkyl halides is 1. The Labute approximate surface area is 104 Å². The van der Waals surface area contributed by atoms with Crippen molar-refractivity contribution < 1.29 is 0 Å². The predicted octanol–water partition coefficient (Wildman–Crippen LogP) is 4.21. The summed E-state index contributed by atoms with van der Waals surface area (Å²) >= 11 is 3.50. The Balaban J connectivity index is 2.22. The Kier molecular flexibility index (Phi) is 7.72. The summed E-state index contributed by atoms with van der Waals surface area (Å²) in [5.41, 5.74) is 0. The molecule has 1 heterocycles. The van der Waals surface area contributed by atoms with Gasteiger partial charge in [-0.2, -0.15) is 0 Å². The lowest BCUT2D eigenvalue weighted by Gasteiger charge is -2.29. The SMILES string of the molecule is CCC1CCCCCN1CCCCCBr. The maximum Gasteiger partial charge on any atom is 0.00926 e. The highest BCUT2D eigenvalue weighted by atomic mass is 79.9. The molecule has 1 nitrogen and oxygen atoms in total. The second kappa shape index (κ2) is 8.58. The van der Waals surface area contributed by atoms with E-state index in [1.54, 1.807) is 0 Å². The highest BCUT2D eigenvalue weighted by molar-refractivity contribution is 9.09. The topological polar surface area (TPSA) is 3.24 Å². The van der Waals surface area contributed by atoms with Gasteiger partial charge in [0.15, 0.2) is 0 Å². The van der Waals surface area contributed by atoms with Crippen LogP contribution in [0.3, 0.4) is 0 Å². The number of hydrogen-bond donors (Lipinski definition) is 0. The standard InChI is InChI=1S/C13H26BrN/c1-2-13-9-5-3-7-11-15(13)12-8-4-6-10-14/h13H,2-12H2,1H3. The fourth-order valence-electron chi connectivity index (χ4n) is 2.58. The molecule has 2 heteroatoms. The fourth-order valence-corrected chi connectivity index (χ4v) is 2.98. The first-order chi connectivity index (χ1) is 7.38. The van der Waals surface area contributed by atoms with Gasteiger partial charge < -0.3 is 4.90 Å². The van der Waals surface area contributed by atoms with Crippen LogP contribution in [0.1, 0.15) is 58.3 Å². The Hall–Kier alpha value is 0.440. The molecule has 1 atom stereocenters. The normalized spacial score (nSPS) is 24.0. The van der Waals surface area contributed by atoms with Gasteiger partial charge in [0.1, 0.15) is 0 Å². The minimum absolute atomic E-state index is 0.886. The molecular formula is C13H26BrN. The quantitative estimate of drug-likeness (QED) is 0.519. The molecule has 0 aromatic carbocycles. The summed E-state index contributed by atoms with van der Waals surface area (Å²) in [6.07, 6.45) is 11.2. The number of likely N-dealkylation sites (tertiary alicyclic amines) is 1. The van der Waals surface area contributed by atoms with Gasteiger partial charge in [0.2, 0.25) is 0 Å². The molecule has 0 radical (unpaired) electrons. The molecule has 15 heavy (non-hydrogen) atoms. The zero-order chi connectivity index (χ0) is 10.9. The van der Waals surface area contributed by atoms with Crippen molar-refractivity contribution in [3.63, 3.8) is 0 Å². The molecule has 90 valence electrons. The monoisotopic (exact) mass is 275 g/mol. The first-order valence-electron chi connectivity index (χ1n) is 6.68. The maximum absolute atomic E-state index is 3.50. The lowest BCUT2D eigenvalue weighted by Crippen LogP contribution is -2.35. The first kappa shape index (κ1) is 13.5. The molecule has 0 amide bonds. The van der Waals surface area contributed by atoms with E-state index in [0.717, 1.165) is 6.04 Å². The van der Waals surface area contributed by atoms with Gasteiger partial charge in [-0.05, 0) is 45.2 Å². The van der Waals surface area contributed by atoms with Crippen LogP contribution in [0.2, 0.25) is 0 Å². The third kappa shape index (κ3) is 5.35. The fraction of sp³-hybridized carbons (Fsp3) is 1.00. The van der Waals surface area contributed by atoms with Crippen LogP contribution in [0, 0.1) is 0 Å². The minimum Gasteiger partial charge on any atom is -0.300 e. The Morgan fingerprint density at radius 2 is 2.00 bits per heavy atom. The summed E-state index contributed by atoms with van der Waals surface area (Å²) in [6, 6.07) is 0.886. The van der Waals surface area contributed by atoms with Crippen molar-refractivity contribution in [1.29, 1.82) is 0 Å². The van der Waals surface area contributed by atoms with E-state index in [1.165, 1.54) is 69.8 Å². The zero-order valence-corrected chi connectivity index (χ0v) is 11.8. The van der Waals surface area contributed by atoms with Crippen LogP contribution in [0.4, 0.5) is 0 Å². The van der Waals surface area contributed by atoms with E-state index in [1.807, 2.05) is 0 Å². The van der Waals surface area contributed by atoms with Crippen molar-refractivity contribution in [1.82, 2.24) is 4.90 Å². The van der Waals surface area contributed by atoms with Crippen molar-refractivity contribution in [3.8, 4) is 0 Å². The molecule has 0 saturated carbocycles. The van der Waals surface area contributed by atoms with Crippen LogP contribution in [-0.2, 0) is 0 Å². The van der Waals surface area contributed by atoms with E-state index in [4.69, 9.17) is 0 Å². The molecule has 1 fully saturated rings. The summed E-state index contributed by atoms with van der Waals surface area (Å²) in [4.78, 5) is 2.75. The average molecular weight is 276 g/mol. The smallest absolute Gasteiger partial charge is 0.00926 e. The van der Waals surface area contributed by atoms with E-state index in [9.17, 15) is 0 Å². The number of halogens is 1. The highest BCUT2D eigenvalue weighted by Crippen LogP contribution is 2.19. The van der Waals surface area contributed by atoms with E-state index in [2.05, 4.69) is 27.8 Å². The number of hydrogen-bond acceptors (Lipinski definition) is 1. The lowest BCUT2D eigenvalue weighted by atomic mass is 10.1. The number of unbranched alkanes of at least 4 members (excludes halogenated alkanes) is 2. The van der Waals surface area contributed by atoms with E-state index in [0.29, 0.717) is 0 Å². The largest absolute Gasteiger partial charge is 0.300 e. The Bertz CT molecular complexity index is 149. The van der Waals surface area contributed by atoms with Crippen LogP contribution in [0.25, 0.3) is 0 Å². The van der Waals surface area contributed by atoms with Gasteiger partial charge in [-0.1, -0.05) is 42.1 Å². The maximum atomic E-state index is 3.50. The summed E-state index contributed by atoms with van der Waals surface area (Å²) in [5, 5.41) is 1.17. The average Bonchev–Trinajstić information content (AvgIpc) is 2.49. The van der Waals surface area contributed by atoms with Crippen LogP contribution in [0.5, 0.6) is 0 Å². The third-order valence-electron chi connectivity index (χ3n) is 3.55. The molecule has 1 aliphatic heterocycles. The van der Waals surface area contributed by atoms with Crippen molar-refractivity contribution in [2.45, 2.75) is 64.3 Å². The second-order valence-corrected chi connectivity index (χ2v) is 5.49. The second-order valence-electron chi connectivity index (χ2n) is 4.70. The predicted molar refractivity (Wildman–Crippen MR) is 71.8 cm³/mol. The van der Waals surface area contributed by atoms with E-state index in [-0.39, 0.29) is 0 Å². The Morgan fingerprint density at radius 1 is 1.13 bits per heavy atom. The molecule has 0 aromatic rings. The third-order valence-corrected chi connectivity index (χ3v) is 4.11. The summed E-state index contributed by atoms with van der Waals surface area (Å²) in [6.45, 7) is 5.04. The van der Waals surface area contributed by atoms with Gasteiger partial charge >= 0.3 is 0 Å². The molecular weight excluding hydrogens is 250 g/mol. The van der Waals surface area contributed by atoms with Gasteiger partial charge in [0.25, 0.3) is 0 Å². The van der Waals surface area contributed by atoms with E-state index < -0.39 is 0 Å². The van der Waals surface area contributed by atoms with E-state index >= 15 is 0 Å². The minimum atomic E-state index is 0.886. The molecule has 0 spiro atoms. The van der Waals surface area contributed by atoms with Gasteiger partial charge in [0, 0.05) is 11.4 Å². The van der Waals surface area contributed by atoms with Gasteiger partial charge in [-0.3, -0.25) is 0 Å². The van der Waals surface area contributed by atoms with Crippen LogP contribution in [0.15, 0.2) is 0 Å². The van der Waals surface area contributed by atoms with Crippen molar-refractivity contribution in [2.75, 3.05) is 18.4 Å². The van der Waals surface area contributed by atoms with Crippen molar-refractivity contribution >= 4 is 15.9 Å². The molecule has 1 rings (SSSR count). The molecule has 0 N–H and O–H groups in total. The van der Waals surface area contributed by atoms with Crippen LogP contribution in [-0.4, -0.2) is 29.4 Å². The number of nitrogens with zero attached hydrogens (tertiary/aromatic N) is 1. The zero-order valence-electron chi connectivity index (χ0n) is 10.2. The lowest BCUT2D eigenvalue weighted by molar-refractivity contribution is 0.191. The van der Waals surface area contributed by atoms with Gasteiger partial charge in [0.05, 0.1) is 0 Å². The molecule has 0 aliphatic carbocycles. The summed E-state index contributed by atoms with van der Waals surface area (Å²) in [5.74, 6) is 0. The highest BCUT2D eigenvalue weighted by Gasteiger charge is 2.18. The molecule has 1 saturated heterocycles. The van der Waals surface area contributed by atoms with Crippen molar-refractivity contribution in [3.05, 3.63) is 0 Å². The van der Waals surface area contributed by atoms with Gasteiger partial charge in [-0.25, -0.2) is 0 Å². The van der Waals surface area contributed by atoms with Crippen LogP contribution >= 0.6 is 15.9 Å². The summed E-state index contributed by atoms with van der Waals surface area (Å²) in [7, 11) is 0. The van der Waals surface area contributed by atoms with Crippen LogP contribution < -0.4 is 0 Å². The molecule has 0 aromatic heterocycles. The first-order valence-corrected chi connectivity index (χ1v) is 7.80. The molecule has 1 unspecified atom stereocenters. The Morgan fingerprint density at radius 3 is 2.73 bits per heavy atom.